The highest BCUT2D eigenvalue weighted by atomic mass is 32.2. The first kappa shape index (κ1) is 17.4. The molecule has 0 unspecified atom stereocenters. The van der Waals surface area contributed by atoms with Gasteiger partial charge in [-0.2, -0.15) is 0 Å². The standard InChI is InChI=1S/C17H20N4O3S/c22-17(19-12-13-3-2-10-18-11-13)20-14-6-8-16(9-7-14)25(23,24)21-15-4-1-5-15/h2-3,6-11,15,21H,1,4-5,12H2,(H2,19,20,22). The van der Waals surface area contributed by atoms with Crippen molar-refractivity contribution in [1.29, 1.82) is 0 Å². The van der Waals surface area contributed by atoms with Crippen LogP contribution >= 0.6 is 0 Å². The van der Waals surface area contributed by atoms with Crippen LogP contribution in [-0.2, 0) is 16.6 Å². The molecule has 0 radical (unpaired) electrons. The average Bonchev–Trinajstić information content (AvgIpc) is 2.58. The number of urea groups is 1. The van der Waals surface area contributed by atoms with E-state index in [0.717, 1.165) is 24.8 Å². The molecule has 1 aromatic heterocycles. The van der Waals surface area contributed by atoms with Crippen LogP contribution in [0.15, 0.2) is 53.7 Å². The molecule has 1 aliphatic carbocycles. The molecule has 2 aromatic rings. The van der Waals surface area contributed by atoms with Crippen molar-refractivity contribution in [3.63, 3.8) is 0 Å². The molecule has 0 bridgehead atoms. The van der Waals surface area contributed by atoms with Crippen LogP contribution < -0.4 is 15.4 Å². The number of amides is 2. The number of nitrogens with zero attached hydrogens (tertiary/aromatic N) is 1. The summed E-state index contributed by atoms with van der Waals surface area (Å²) in [4.78, 5) is 16.1. The van der Waals surface area contributed by atoms with Crippen molar-refractivity contribution >= 4 is 21.7 Å². The highest BCUT2D eigenvalue weighted by Crippen LogP contribution is 2.21. The summed E-state index contributed by atoms with van der Waals surface area (Å²) in [5.41, 5.74) is 1.41. The molecule has 0 aliphatic heterocycles. The van der Waals surface area contributed by atoms with Crippen molar-refractivity contribution in [2.24, 2.45) is 0 Å². The molecule has 3 rings (SSSR count). The molecule has 2 amide bonds. The number of hydrogen-bond donors (Lipinski definition) is 3. The summed E-state index contributed by atoms with van der Waals surface area (Å²) in [7, 11) is -3.50. The molecule has 8 heteroatoms. The second-order valence-corrected chi connectivity index (χ2v) is 7.66. The summed E-state index contributed by atoms with van der Waals surface area (Å²) in [6.07, 6.45) is 6.17. The van der Waals surface area contributed by atoms with E-state index in [1.54, 1.807) is 30.6 Å². The van der Waals surface area contributed by atoms with Gasteiger partial charge in [0.15, 0.2) is 0 Å². The van der Waals surface area contributed by atoms with Crippen LogP contribution in [0.3, 0.4) is 0 Å². The largest absolute Gasteiger partial charge is 0.334 e. The Morgan fingerprint density at radius 2 is 1.92 bits per heavy atom. The fourth-order valence-electron chi connectivity index (χ4n) is 2.39. The van der Waals surface area contributed by atoms with E-state index < -0.39 is 10.0 Å². The molecule has 1 saturated carbocycles. The number of benzene rings is 1. The van der Waals surface area contributed by atoms with E-state index in [2.05, 4.69) is 20.3 Å². The lowest BCUT2D eigenvalue weighted by Gasteiger charge is -2.26. The maximum absolute atomic E-state index is 12.2. The number of nitrogens with one attached hydrogen (secondary N) is 3. The molecular formula is C17H20N4O3S. The van der Waals surface area contributed by atoms with Gasteiger partial charge in [-0.05, 0) is 48.7 Å². The summed E-state index contributed by atoms with van der Waals surface area (Å²) < 4.78 is 27.1. The minimum atomic E-state index is -3.50. The van der Waals surface area contributed by atoms with Gasteiger partial charge in [-0.1, -0.05) is 12.5 Å². The van der Waals surface area contributed by atoms with E-state index in [4.69, 9.17) is 0 Å². The van der Waals surface area contributed by atoms with Crippen LogP contribution in [-0.4, -0.2) is 25.5 Å². The van der Waals surface area contributed by atoms with E-state index in [1.165, 1.54) is 12.1 Å². The Bertz CT molecular complexity index is 819. The van der Waals surface area contributed by atoms with Gasteiger partial charge < -0.3 is 10.6 Å². The second-order valence-electron chi connectivity index (χ2n) is 5.94. The fraction of sp³-hybridized carbons (Fsp3) is 0.294. The Morgan fingerprint density at radius 1 is 1.16 bits per heavy atom. The Labute approximate surface area is 146 Å². The average molecular weight is 360 g/mol. The molecule has 1 fully saturated rings. The van der Waals surface area contributed by atoms with Crippen molar-refractivity contribution in [2.45, 2.75) is 36.7 Å². The maximum Gasteiger partial charge on any atom is 0.319 e. The molecule has 1 aromatic carbocycles. The van der Waals surface area contributed by atoms with Crippen molar-refractivity contribution in [1.82, 2.24) is 15.0 Å². The Hall–Kier alpha value is -2.45. The Balaban J connectivity index is 1.54. The van der Waals surface area contributed by atoms with Crippen LogP contribution in [0.2, 0.25) is 0 Å². The van der Waals surface area contributed by atoms with Crippen molar-refractivity contribution < 1.29 is 13.2 Å². The van der Waals surface area contributed by atoms with E-state index in [0.29, 0.717) is 12.2 Å². The summed E-state index contributed by atoms with van der Waals surface area (Å²) in [5.74, 6) is 0. The molecular weight excluding hydrogens is 340 g/mol. The second kappa shape index (κ2) is 7.62. The van der Waals surface area contributed by atoms with Crippen molar-refractivity contribution in [2.75, 3.05) is 5.32 Å². The van der Waals surface area contributed by atoms with Gasteiger partial charge >= 0.3 is 6.03 Å². The molecule has 0 atom stereocenters. The predicted octanol–water partition coefficient (Wildman–Crippen LogP) is 2.23. The van der Waals surface area contributed by atoms with Gasteiger partial charge in [0.05, 0.1) is 4.90 Å². The van der Waals surface area contributed by atoms with Gasteiger partial charge in [-0.25, -0.2) is 17.9 Å². The van der Waals surface area contributed by atoms with Gasteiger partial charge in [0, 0.05) is 30.7 Å². The van der Waals surface area contributed by atoms with Crippen molar-refractivity contribution in [3.8, 4) is 0 Å². The number of aromatic nitrogens is 1. The number of hydrogen-bond acceptors (Lipinski definition) is 4. The van der Waals surface area contributed by atoms with Gasteiger partial charge in [-0.3, -0.25) is 4.98 Å². The van der Waals surface area contributed by atoms with Gasteiger partial charge in [0.2, 0.25) is 10.0 Å². The number of carbonyl (C=O) groups excluding carboxylic acids is 1. The molecule has 25 heavy (non-hydrogen) atoms. The SMILES string of the molecule is O=C(NCc1cccnc1)Nc1ccc(S(=O)(=O)NC2CCC2)cc1. The Kier molecular flexibility index (Phi) is 5.30. The zero-order chi connectivity index (χ0) is 17.7. The van der Waals surface area contributed by atoms with Crippen molar-refractivity contribution in [3.05, 3.63) is 54.4 Å². The van der Waals surface area contributed by atoms with Crippen LogP contribution in [0.5, 0.6) is 0 Å². The zero-order valence-corrected chi connectivity index (χ0v) is 14.4. The predicted molar refractivity (Wildman–Crippen MR) is 94.5 cm³/mol. The normalized spacial score (nSPS) is 14.6. The molecule has 3 N–H and O–H groups in total. The smallest absolute Gasteiger partial charge is 0.319 e. The van der Waals surface area contributed by atoms with E-state index in [9.17, 15) is 13.2 Å². The molecule has 132 valence electrons. The van der Waals surface area contributed by atoms with E-state index in [-0.39, 0.29) is 17.0 Å². The number of sulfonamides is 1. The minimum Gasteiger partial charge on any atom is -0.334 e. The molecule has 0 saturated heterocycles. The zero-order valence-electron chi connectivity index (χ0n) is 13.6. The third-order valence-corrected chi connectivity index (χ3v) is 5.56. The molecule has 1 aliphatic rings. The first-order chi connectivity index (χ1) is 12.0. The van der Waals surface area contributed by atoms with Gasteiger partial charge in [0.1, 0.15) is 0 Å². The van der Waals surface area contributed by atoms with Crippen LogP contribution in [0.25, 0.3) is 0 Å². The minimum absolute atomic E-state index is 0.0426. The third kappa shape index (κ3) is 4.77. The van der Waals surface area contributed by atoms with Crippen LogP contribution in [0.1, 0.15) is 24.8 Å². The number of carbonyl (C=O) groups is 1. The number of rotatable bonds is 6. The van der Waals surface area contributed by atoms with Crippen LogP contribution in [0, 0.1) is 0 Å². The molecule has 0 spiro atoms. The summed E-state index contributed by atoms with van der Waals surface area (Å²) in [6.45, 7) is 0.359. The highest BCUT2D eigenvalue weighted by Gasteiger charge is 2.24. The quantitative estimate of drug-likeness (QED) is 0.735. The molecule has 1 heterocycles. The topological polar surface area (TPSA) is 100 Å². The van der Waals surface area contributed by atoms with E-state index >= 15 is 0 Å². The van der Waals surface area contributed by atoms with Gasteiger partial charge in [0.25, 0.3) is 0 Å². The highest BCUT2D eigenvalue weighted by molar-refractivity contribution is 7.89. The molecule has 7 nitrogen and oxygen atoms in total. The lowest BCUT2D eigenvalue weighted by atomic mass is 9.94. The maximum atomic E-state index is 12.2. The summed E-state index contributed by atoms with van der Waals surface area (Å²) in [6, 6.07) is 9.44. The Morgan fingerprint density at radius 3 is 2.52 bits per heavy atom. The lowest BCUT2D eigenvalue weighted by Crippen LogP contribution is -2.39. The first-order valence-electron chi connectivity index (χ1n) is 8.09. The number of anilines is 1. The third-order valence-electron chi connectivity index (χ3n) is 4.03. The monoisotopic (exact) mass is 360 g/mol. The van der Waals surface area contributed by atoms with Crippen LogP contribution in [0.4, 0.5) is 10.5 Å². The van der Waals surface area contributed by atoms with E-state index in [1.807, 2.05) is 6.07 Å². The fourth-order valence-corrected chi connectivity index (χ4v) is 3.70. The summed E-state index contributed by atoms with van der Waals surface area (Å²) >= 11 is 0. The van der Waals surface area contributed by atoms with Gasteiger partial charge in [-0.15, -0.1) is 0 Å². The summed E-state index contributed by atoms with van der Waals surface area (Å²) in [5, 5.41) is 5.38. The first-order valence-corrected chi connectivity index (χ1v) is 9.57. The lowest BCUT2D eigenvalue weighted by molar-refractivity contribution is 0.251. The number of pyridine rings is 1.